The normalized spacial score (nSPS) is 18.3. The van der Waals surface area contributed by atoms with Gasteiger partial charge < -0.3 is 10.1 Å². The van der Waals surface area contributed by atoms with E-state index in [-0.39, 0.29) is 6.61 Å². The lowest BCUT2D eigenvalue weighted by atomic mass is 9.91. The summed E-state index contributed by atoms with van der Waals surface area (Å²) in [5.74, 6) is 1.08. The van der Waals surface area contributed by atoms with Crippen molar-refractivity contribution in [2.45, 2.75) is 51.7 Å². The Kier molecular flexibility index (Phi) is 6.43. The van der Waals surface area contributed by atoms with Crippen LogP contribution < -0.4 is 5.32 Å². The van der Waals surface area contributed by atoms with Gasteiger partial charge in [0.15, 0.2) is 0 Å². The molecule has 5 heteroatoms. The van der Waals surface area contributed by atoms with E-state index in [1.54, 1.807) is 0 Å². The number of hydrogen-bond donors (Lipinski definition) is 1. The summed E-state index contributed by atoms with van der Waals surface area (Å²) in [6.45, 7) is 4.37. The van der Waals surface area contributed by atoms with Crippen LogP contribution in [-0.2, 0) is 4.74 Å². The van der Waals surface area contributed by atoms with Gasteiger partial charge in [0, 0.05) is 12.6 Å². The molecule has 1 N–H and O–H groups in total. The second kappa shape index (κ2) is 7.34. The van der Waals surface area contributed by atoms with E-state index < -0.39 is 12.8 Å². The average Bonchev–Trinajstić information content (AvgIpc) is 3.03. The van der Waals surface area contributed by atoms with Crippen LogP contribution in [0.1, 0.15) is 39.5 Å². The summed E-state index contributed by atoms with van der Waals surface area (Å²) in [6.07, 6.45) is -0.0511. The van der Waals surface area contributed by atoms with Crippen LogP contribution in [0.15, 0.2) is 0 Å². The van der Waals surface area contributed by atoms with E-state index in [4.69, 9.17) is 0 Å². The van der Waals surface area contributed by atoms with Gasteiger partial charge in [-0.2, -0.15) is 13.2 Å². The molecule has 0 heterocycles. The number of hydrogen-bond acceptors (Lipinski definition) is 2. The fraction of sp³-hybridized carbons (Fsp3) is 1.00. The minimum Gasteiger partial charge on any atom is -0.372 e. The maximum absolute atomic E-state index is 11.9. The van der Waals surface area contributed by atoms with Gasteiger partial charge in [0.05, 0.1) is 0 Å². The molecule has 0 spiro atoms. The van der Waals surface area contributed by atoms with Gasteiger partial charge in [-0.1, -0.05) is 13.8 Å². The molecule has 0 aromatic carbocycles. The molecule has 0 saturated heterocycles. The zero-order valence-corrected chi connectivity index (χ0v) is 11.2. The van der Waals surface area contributed by atoms with Crippen molar-refractivity contribution in [3.8, 4) is 0 Å². The second-order valence-electron chi connectivity index (χ2n) is 5.50. The molecule has 1 aliphatic carbocycles. The molecule has 0 aromatic rings. The molecule has 1 unspecified atom stereocenters. The quantitative estimate of drug-likeness (QED) is 0.647. The highest BCUT2D eigenvalue weighted by molar-refractivity contribution is 4.82. The first-order valence-corrected chi connectivity index (χ1v) is 6.76. The van der Waals surface area contributed by atoms with Crippen molar-refractivity contribution in [3.05, 3.63) is 0 Å². The smallest absolute Gasteiger partial charge is 0.372 e. The molecular formula is C13H24F3NO. The lowest BCUT2D eigenvalue weighted by molar-refractivity contribution is -0.174. The molecule has 0 amide bonds. The van der Waals surface area contributed by atoms with Crippen LogP contribution in [0.5, 0.6) is 0 Å². The minimum atomic E-state index is -4.20. The van der Waals surface area contributed by atoms with Gasteiger partial charge in [-0.15, -0.1) is 0 Å². The van der Waals surface area contributed by atoms with Crippen LogP contribution in [0.3, 0.4) is 0 Å². The van der Waals surface area contributed by atoms with Gasteiger partial charge in [0.2, 0.25) is 0 Å². The average molecular weight is 267 g/mol. The van der Waals surface area contributed by atoms with Crippen LogP contribution in [0.4, 0.5) is 13.2 Å². The summed E-state index contributed by atoms with van der Waals surface area (Å²) in [5.41, 5.74) is 0. The number of halogens is 3. The van der Waals surface area contributed by atoms with Gasteiger partial charge in [-0.05, 0) is 44.1 Å². The summed E-state index contributed by atoms with van der Waals surface area (Å²) < 4.78 is 40.2. The fourth-order valence-corrected chi connectivity index (χ4v) is 1.91. The molecule has 2 nitrogen and oxygen atoms in total. The molecular weight excluding hydrogens is 243 g/mol. The van der Waals surface area contributed by atoms with Crippen molar-refractivity contribution in [3.63, 3.8) is 0 Å². The monoisotopic (exact) mass is 267 g/mol. The molecule has 0 bridgehead atoms. The Morgan fingerprint density at radius 3 is 2.44 bits per heavy atom. The Morgan fingerprint density at radius 1 is 1.28 bits per heavy atom. The Bertz CT molecular complexity index is 227. The second-order valence-corrected chi connectivity index (χ2v) is 5.50. The van der Waals surface area contributed by atoms with Gasteiger partial charge in [-0.3, -0.25) is 0 Å². The molecule has 0 aromatic heterocycles. The van der Waals surface area contributed by atoms with Crippen LogP contribution in [0, 0.1) is 11.8 Å². The van der Waals surface area contributed by atoms with Crippen LogP contribution in [0.2, 0.25) is 0 Å². The number of rotatable bonds is 9. The molecule has 0 aliphatic heterocycles. The lowest BCUT2D eigenvalue weighted by Crippen LogP contribution is -2.28. The molecule has 1 atom stereocenters. The highest BCUT2D eigenvalue weighted by Gasteiger charge is 2.27. The van der Waals surface area contributed by atoms with E-state index in [9.17, 15) is 13.2 Å². The van der Waals surface area contributed by atoms with Gasteiger partial charge in [0.25, 0.3) is 0 Å². The maximum Gasteiger partial charge on any atom is 0.411 e. The third kappa shape index (κ3) is 7.93. The Hall–Kier alpha value is -0.290. The van der Waals surface area contributed by atoms with E-state index >= 15 is 0 Å². The molecule has 18 heavy (non-hydrogen) atoms. The summed E-state index contributed by atoms with van der Waals surface area (Å²) >= 11 is 0. The summed E-state index contributed by atoms with van der Waals surface area (Å²) in [6, 6.07) is 0.688. The molecule has 108 valence electrons. The molecule has 1 saturated carbocycles. The molecule has 0 radical (unpaired) electrons. The highest BCUT2D eigenvalue weighted by atomic mass is 19.4. The lowest BCUT2D eigenvalue weighted by Gasteiger charge is -2.21. The van der Waals surface area contributed by atoms with Crippen molar-refractivity contribution in [2.75, 3.05) is 19.8 Å². The zero-order chi connectivity index (χ0) is 13.6. The predicted molar refractivity (Wildman–Crippen MR) is 65.5 cm³/mol. The van der Waals surface area contributed by atoms with Crippen molar-refractivity contribution in [1.29, 1.82) is 0 Å². The third-order valence-electron chi connectivity index (χ3n) is 3.32. The van der Waals surface area contributed by atoms with E-state index in [0.29, 0.717) is 24.3 Å². The largest absolute Gasteiger partial charge is 0.411 e. The van der Waals surface area contributed by atoms with Gasteiger partial charge in [-0.25, -0.2) is 0 Å². The van der Waals surface area contributed by atoms with Gasteiger partial charge >= 0.3 is 6.18 Å². The summed E-state index contributed by atoms with van der Waals surface area (Å²) in [4.78, 5) is 0. The molecule has 1 fully saturated rings. The molecule has 1 rings (SSSR count). The standard InChI is InChI=1S/C13H24F3NO/c1-10(2)11(8-17-12-5-6-12)4-3-7-18-9-13(14,15)16/h10-12,17H,3-9H2,1-2H3. The van der Waals surface area contributed by atoms with Crippen molar-refractivity contribution in [2.24, 2.45) is 11.8 Å². The number of nitrogens with one attached hydrogen (secondary N) is 1. The Labute approximate surface area is 107 Å². The summed E-state index contributed by atoms with van der Waals surface area (Å²) in [7, 11) is 0. The predicted octanol–water partition coefficient (Wildman–Crippen LogP) is 3.37. The SMILES string of the molecule is CC(C)C(CCCOCC(F)(F)F)CNC1CC1. The third-order valence-corrected chi connectivity index (χ3v) is 3.32. The Balaban J connectivity index is 2.05. The number of alkyl halides is 3. The maximum atomic E-state index is 11.9. The summed E-state index contributed by atoms with van der Waals surface area (Å²) in [5, 5.41) is 3.48. The van der Waals surface area contributed by atoms with E-state index in [0.717, 1.165) is 13.0 Å². The fourth-order valence-electron chi connectivity index (χ4n) is 1.91. The van der Waals surface area contributed by atoms with Crippen LogP contribution in [-0.4, -0.2) is 32.0 Å². The first-order valence-electron chi connectivity index (χ1n) is 6.76. The van der Waals surface area contributed by atoms with Crippen LogP contribution >= 0.6 is 0 Å². The van der Waals surface area contributed by atoms with E-state index in [1.807, 2.05) is 0 Å². The van der Waals surface area contributed by atoms with E-state index in [1.165, 1.54) is 12.8 Å². The van der Waals surface area contributed by atoms with Crippen LogP contribution in [0.25, 0.3) is 0 Å². The Morgan fingerprint density at radius 2 is 1.94 bits per heavy atom. The minimum absolute atomic E-state index is 0.201. The molecule has 1 aliphatic rings. The number of ether oxygens (including phenoxy) is 1. The first-order chi connectivity index (χ1) is 8.38. The topological polar surface area (TPSA) is 21.3 Å². The first kappa shape index (κ1) is 15.8. The van der Waals surface area contributed by atoms with E-state index in [2.05, 4.69) is 23.9 Å². The zero-order valence-electron chi connectivity index (χ0n) is 11.2. The van der Waals surface area contributed by atoms with Crippen molar-refractivity contribution in [1.82, 2.24) is 5.32 Å². The van der Waals surface area contributed by atoms with Crippen molar-refractivity contribution >= 4 is 0 Å². The van der Waals surface area contributed by atoms with Gasteiger partial charge in [0.1, 0.15) is 6.61 Å². The van der Waals surface area contributed by atoms with Crippen molar-refractivity contribution < 1.29 is 17.9 Å². The highest BCUT2D eigenvalue weighted by Crippen LogP contribution is 2.22.